The van der Waals surface area contributed by atoms with Gasteiger partial charge < -0.3 is 20.9 Å². The molecule has 2 heterocycles. The van der Waals surface area contributed by atoms with Crippen LogP contribution in [0, 0.1) is 0 Å². The van der Waals surface area contributed by atoms with Gasteiger partial charge in [-0.1, -0.05) is 12.1 Å². The highest BCUT2D eigenvalue weighted by molar-refractivity contribution is 5.98. The van der Waals surface area contributed by atoms with Crippen molar-refractivity contribution in [2.24, 2.45) is 0 Å². The van der Waals surface area contributed by atoms with E-state index in [4.69, 9.17) is 5.73 Å². The van der Waals surface area contributed by atoms with Gasteiger partial charge in [0.05, 0.1) is 6.54 Å². The molecule has 140 valence electrons. The normalized spacial score (nSPS) is 16.4. The molecule has 0 radical (unpaired) electrons. The van der Waals surface area contributed by atoms with Crippen molar-refractivity contribution >= 4 is 34.6 Å². The van der Waals surface area contributed by atoms with Gasteiger partial charge in [0.2, 0.25) is 11.8 Å². The van der Waals surface area contributed by atoms with Crippen molar-refractivity contribution in [1.82, 2.24) is 0 Å². The Hall–Kier alpha value is -3.02. The van der Waals surface area contributed by atoms with Crippen LogP contribution >= 0.6 is 0 Å². The van der Waals surface area contributed by atoms with Crippen molar-refractivity contribution in [3.05, 3.63) is 48.0 Å². The third-order valence-corrected chi connectivity index (χ3v) is 5.23. The maximum absolute atomic E-state index is 12.6. The summed E-state index contributed by atoms with van der Waals surface area (Å²) in [6.07, 6.45) is 3.41. The molecule has 1 fully saturated rings. The highest BCUT2D eigenvalue weighted by atomic mass is 16.2. The van der Waals surface area contributed by atoms with Gasteiger partial charge in [-0.15, -0.1) is 0 Å². The van der Waals surface area contributed by atoms with Crippen LogP contribution in [0.1, 0.15) is 24.8 Å². The zero-order valence-corrected chi connectivity index (χ0v) is 15.3. The highest BCUT2D eigenvalue weighted by Crippen LogP contribution is 2.31. The van der Waals surface area contributed by atoms with Crippen LogP contribution in [0.2, 0.25) is 0 Å². The van der Waals surface area contributed by atoms with Crippen LogP contribution in [-0.4, -0.2) is 31.4 Å². The summed E-state index contributed by atoms with van der Waals surface area (Å²) in [5, 5.41) is 2.96. The quantitative estimate of drug-likeness (QED) is 0.818. The number of nitrogen functional groups attached to an aromatic ring is 1. The van der Waals surface area contributed by atoms with Gasteiger partial charge >= 0.3 is 0 Å². The minimum Gasteiger partial charge on any atom is -0.398 e. The van der Waals surface area contributed by atoms with Crippen molar-refractivity contribution < 1.29 is 9.59 Å². The van der Waals surface area contributed by atoms with E-state index in [-0.39, 0.29) is 18.4 Å². The molecule has 0 atom stereocenters. The molecule has 27 heavy (non-hydrogen) atoms. The Morgan fingerprint density at radius 1 is 1.07 bits per heavy atom. The highest BCUT2D eigenvalue weighted by Gasteiger charge is 2.23. The predicted molar refractivity (Wildman–Crippen MR) is 108 cm³/mol. The molecule has 2 aliphatic rings. The van der Waals surface area contributed by atoms with Crippen molar-refractivity contribution in [1.29, 1.82) is 0 Å². The lowest BCUT2D eigenvalue weighted by Crippen LogP contribution is -2.37. The molecule has 6 heteroatoms. The van der Waals surface area contributed by atoms with Crippen LogP contribution in [-0.2, 0) is 16.0 Å². The number of nitrogens with zero attached hydrogens (tertiary/aromatic N) is 2. The number of hydrogen-bond acceptors (Lipinski definition) is 4. The monoisotopic (exact) mass is 364 g/mol. The van der Waals surface area contributed by atoms with Crippen LogP contribution in [0.25, 0.3) is 0 Å². The van der Waals surface area contributed by atoms with E-state index in [9.17, 15) is 9.59 Å². The number of carbonyl (C=O) groups is 2. The molecule has 0 spiro atoms. The van der Waals surface area contributed by atoms with Gasteiger partial charge in [-0.05, 0) is 55.2 Å². The number of nitrogens with two attached hydrogens (primary N) is 1. The minimum atomic E-state index is -0.0739. The molecule has 2 aliphatic heterocycles. The van der Waals surface area contributed by atoms with Crippen molar-refractivity contribution in [3.63, 3.8) is 0 Å². The first-order valence-electron chi connectivity index (χ1n) is 9.44. The van der Waals surface area contributed by atoms with Gasteiger partial charge in [0.15, 0.2) is 0 Å². The average Bonchev–Trinajstić information content (AvgIpc) is 3.09. The van der Waals surface area contributed by atoms with Gasteiger partial charge in [-0.3, -0.25) is 9.59 Å². The fourth-order valence-corrected chi connectivity index (χ4v) is 3.94. The first-order chi connectivity index (χ1) is 13.1. The molecule has 2 aromatic rings. The van der Waals surface area contributed by atoms with Gasteiger partial charge in [0.1, 0.15) is 0 Å². The Balaban J connectivity index is 1.45. The summed E-state index contributed by atoms with van der Waals surface area (Å²) in [5.41, 5.74) is 10.6. The van der Waals surface area contributed by atoms with Crippen LogP contribution in [0.5, 0.6) is 0 Å². The van der Waals surface area contributed by atoms with E-state index < -0.39 is 0 Å². The molecule has 3 N–H and O–H groups in total. The van der Waals surface area contributed by atoms with Crippen LogP contribution in [0.4, 0.5) is 22.7 Å². The second kappa shape index (κ2) is 7.31. The molecule has 2 amide bonds. The summed E-state index contributed by atoms with van der Waals surface area (Å²) in [6.45, 7) is 1.86. The second-order valence-electron chi connectivity index (χ2n) is 7.12. The molecule has 0 aromatic heterocycles. The van der Waals surface area contributed by atoms with E-state index in [0.29, 0.717) is 12.1 Å². The number of carbonyl (C=O) groups excluding carboxylic acids is 2. The average molecular weight is 364 g/mol. The van der Waals surface area contributed by atoms with Crippen LogP contribution < -0.4 is 20.9 Å². The smallest absolute Gasteiger partial charge is 0.243 e. The van der Waals surface area contributed by atoms with E-state index >= 15 is 0 Å². The lowest BCUT2D eigenvalue weighted by atomic mass is 10.00. The molecular weight excluding hydrogens is 340 g/mol. The molecule has 0 bridgehead atoms. The van der Waals surface area contributed by atoms with Gasteiger partial charge in [-0.25, -0.2) is 0 Å². The van der Waals surface area contributed by atoms with Gasteiger partial charge in [0, 0.05) is 42.3 Å². The summed E-state index contributed by atoms with van der Waals surface area (Å²) >= 11 is 0. The fourth-order valence-electron chi connectivity index (χ4n) is 3.94. The number of hydrogen-bond donors (Lipinski definition) is 2. The summed E-state index contributed by atoms with van der Waals surface area (Å²) in [5.74, 6) is 0.0659. The Bertz CT molecular complexity index is 880. The van der Waals surface area contributed by atoms with E-state index in [1.807, 2.05) is 42.5 Å². The third-order valence-electron chi connectivity index (χ3n) is 5.23. The Morgan fingerprint density at radius 3 is 2.70 bits per heavy atom. The molecule has 6 nitrogen and oxygen atoms in total. The first-order valence-corrected chi connectivity index (χ1v) is 9.44. The molecule has 2 aromatic carbocycles. The summed E-state index contributed by atoms with van der Waals surface area (Å²) in [6, 6.07) is 13.4. The fraction of sp³-hybridized carbons (Fsp3) is 0.333. The predicted octanol–water partition coefficient (Wildman–Crippen LogP) is 2.79. The number of benzene rings is 2. The standard InChI is InChI=1S/C21H24N4O2/c22-18-8-2-9-19-17(18)7-3-11-24(19)14-20(26)23-15-5-1-6-16(13-15)25-12-4-10-21(25)27/h1-2,5-6,8-9,13H,3-4,7,10-12,14,22H2,(H,23,26). The summed E-state index contributed by atoms with van der Waals surface area (Å²) in [4.78, 5) is 28.4. The summed E-state index contributed by atoms with van der Waals surface area (Å²) < 4.78 is 0. The molecule has 4 rings (SSSR count). The zero-order chi connectivity index (χ0) is 18.8. The van der Waals surface area contributed by atoms with E-state index in [1.165, 1.54) is 0 Å². The summed E-state index contributed by atoms with van der Waals surface area (Å²) in [7, 11) is 0. The third kappa shape index (κ3) is 3.60. The van der Waals surface area contributed by atoms with Gasteiger partial charge in [-0.2, -0.15) is 0 Å². The van der Waals surface area contributed by atoms with Crippen LogP contribution in [0.3, 0.4) is 0 Å². The van der Waals surface area contributed by atoms with Crippen molar-refractivity contribution in [2.45, 2.75) is 25.7 Å². The maximum atomic E-state index is 12.6. The van der Waals surface area contributed by atoms with Crippen LogP contribution in [0.15, 0.2) is 42.5 Å². The van der Waals surface area contributed by atoms with Crippen molar-refractivity contribution in [3.8, 4) is 0 Å². The molecular formula is C21H24N4O2. The Morgan fingerprint density at radius 2 is 1.89 bits per heavy atom. The van der Waals surface area contributed by atoms with E-state index in [2.05, 4.69) is 10.2 Å². The Kier molecular flexibility index (Phi) is 4.71. The molecule has 0 saturated carbocycles. The van der Waals surface area contributed by atoms with E-state index in [1.54, 1.807) is 4.90 Å². The van der Waals surface area contributed by atoms with Crippen molar-refractivity contribution in [2.75, 3.05) is 40.5 Å². The number of anilines is 4. The number of amides is 2. The maximum Gasteiger partial charge on any atom is 0.243 e. The number of rotatable bonds is 4. The minimum absolute atomic E-state index is 0.0739. The lowest BCUT2D eigenvalue weighted by molar-refractivity contribution is -0.117. The van der Waals surface area contributed by atoms with E-state index in [0.717, 1.165) is 55.0 Å². The van der Waals surface area contributed by atoms with Gasteiger partial charge in [0.25, 0.3) is 0 Å². The SMILES string of the molecule is Nc1cccc2c1CCCN2CC(=O)Nc1cccc(N2CCCC2=O)c1. The first kappa shape index (κ1) is 17.4. The molecule has 0 unspecified atom stereocenters. The molecule has 0 aliphatic carbocycles. The largest absolute Gasteiger partial charge is 0.398 e. The Labute approximate surface area is 158 Å². The molecule has 1 saturated heterocycles. The topological polar surface area (TPSA) is 78.7 Å². The lowest BCUT2D eigenvalue weighted by Gasteiger charge is -2.31. The second-order valence-corrected chi connectivity index (χ2v) is 7.12. The number of fused-ring (bicyclic) bond motifs is 1. The number of nitrogens with one attached hydrogen (secondary N) is 1. The zero-order valence-electron chi connectivity index (χ0n) is 15.3.